The normalized spacial score (nSPS) is 12.9. The number of hydrogen-bond donors (Lipinski definition) is 1. The summed E-state index contributed by atoms with van der Waals surface area (Å²) in [6, 6.07) is 5.91. The minimum absolute atomic E-state index is 0.00403. The number of benzene rings is 1. The Morgan fingerprint density at radius 3 is 2.73 bits per heavy atom. The predicted molar refractivity (Wildman–Crippen MR) is 115 cm³/mol. The maximum atomic E-state index is 12.8. The monoisotopic (exact) mass is 465 g/mol. The Morgan fingerprint density at radius 2 is 2.04 bits per heavy atom. The summed E-state index contributed by atoms with van der Waals surface area (Å²) >= 11 is 2.27. The van der Waals surface area contributed by atoms with E-state index >= 15 is 0 Å². The molecule has 0 unspecified atom stereocenters. The number of aryl methyl sites for hydroxylation is 2. The molecule has 2 heterocycles. The van der Waals surface area contributed by atoms with Crippen molar-refractivity contribution in [3.8, 4) is 5.75 Å². The molecular formula is C20H24IN3O2. The summed E-state index contributed by atoms with van der Waals surface area (Å²) in [4.78, 5) is 17.1. The zero-order chi connectivity index (χ0) is 19.0. The number of rotatable bonds is 5. The molecule has 0 radical (unpaired) electrons. The van der Waals surface area contributed by atoms with Crippen LogP contribution in [0, 0.1) is 16.4 Å². The van der Waals surface area contributed by atoms with Crippen molar-refractivity contribution in [3.63, 3.8) is 0 Å². The Labute approximate surface area is 166 Å². The first-order valence-electron chi connectivity index (χ1n) is 8.75. The van der Waals surface area contributed by atoms with E-state index in [1.807, 2.05) is 19.1 Å². The molecule has 0 saturated carbocycles. The van der Waals surface area contributed by atoms with Crippen molar-refractivity contribution in [2.24, 2.45) is 18.7 Å². The maximum absolute atomic E-state index is 12.8. The van der Waals surface area contributed by atoms with Gasteiger partial charge in [0.05, 0.1) is 20.2 Å². The molecule has 6 heteroatoms. The number of aromatic nitrogens is 2. The number of fused-ring (bicyclic) bond motifs is 3. The molecule has 3 rings (SSSR count). The van der Waals surface area contributed by atoms with Gasteiger partial charge in [0, 0.05) is 30.7 Å². The van der Waals surface area contributed by atoms with Crippen LogP contribution in [0.1, 0.15) is 26.0 Å². The first-order chi connectivity index (χ1) is 12.3. The van der Waals surface area contributed by atoms with Crippen molar-refractivity contribution < 1.29 is 4.74 Å². The largest absolute Gasteiger partial charge is 0.491 e. The Bertz CT molecular complexity index is 1030. The molecule has 1 atom stereocenters. The molecule has 0 spiro atoms. The second-order valence-electron chi connectivity index (χ2n) is 7.18. The van der Waals surface area contributed by atoms with Crippen molar-refractivity contribution in [3.05, 3.63) is 44.0 Å². The van der Waals surface area contributed by atoms with Gasteiger partial charge in [0.25, 0.3) is 5.56 Å². The van der Waals surface area contributed by atoms with Gasteiger partial charge in [-0.15, -0.1) is 0 Å². The highest BCUT2D eigenvalue weighted by Gasteiger charge is 2.15. The fraction of sp³-hybridized carbons (Fsp3) is 0.400. The van der Waals surface area contributed by atoms with Crippen LogP contribution in [0.3, 0.4) is 0 Å². The molecule has 2 aromatic heterocycles. The molecule has 138 valence electrons. The Kier molecular flexibility index (Phi) is 5.53. The van der Waals surface area contributed by atoms with Crippen LogP contribution in [0.4, 0.5) is 0 Å². The fourth-order valence-corrected chi connectivity index (χ4v) is 3.98. The standard InChI is InChI=1S/C20H24IN3O2/c1-11(2)7-13(22)10-26-18-9-17-15(8-16(18)21)14-5-6-23-12(3)19(14)20(25)24(17)4/h5-6,8-9,11,13H,7,10,22H2,1-4H3/t13-/m0/s1. The molecule has 0 aliphatic heterocycles. The van der Waals surface area contributed by atoms with Gasteiger partial charge in [-0.25, -0.2) is 0 Å². The van der Waals surface area contributed by atoms with Gasteiger partial charge in [-0.1, -0.05) is 13.8 Å². The summed E-state index contributed by atoms with van der Waals surface area (Å²) in [6.07, 6.45) is 2.66. The van der Waals surface area contributed by atoms with Gasteiger partial charge in [0.15, 0.2) is 0 Å². The third kappa shape index (κ3) is 3.57. The van der Waals surface area contributed by atoms with Crippen molar-refractivity contribution in [2.45, 2.75) is 33.2 Å². The lowest BCUT2D eigenvalue weighted by Gasteiger charge is -2.17. The zero-order valence-electron chi connectivity index (χ0n) is 15.5. The van der Waals surface area contributed by atoms with Gasteiger partial charge in [-0.05, 0) is 59.4 Å². The topological polar surface area (TPSA) is 70.1 Å². The van der Waals surface area contributed by atoms with E-state index in [9.17, 15) is 4.79 Å². The van der Waals surface area contributed by atoms with Gasteiger partial charge < -0.3 is 15.0 Å². The average molecular weight is 465 g/mol. The molecule has 0 fully saturated rings. The summed E-state index contributed by atoms with van der Waals surface area (Å²) in [5.41, 5.74) is 7.70. The van der Waals surface area contributed by atoms with Gasteiger partial charge in [-0.2, -0.15) is 0 Å². The molecular weight excluding hydrogens is 441 g/mol. The Balaban J connectivity index is 2.10. The molecule has 3 aromatic rings. The Hall–Kier alpha value is -1.67. The summed E-state index contributed by atoms with van der Waals surface area (Å²) < 4.78 is 8.65. The molecule has 0 aliphatic carbocycles. The molecule has 5 nitrogen and oxygen atoms in total. The van der Waals surface area contributed by atoms with E-state index in [2.05, 4.69) is 47.5 Å². The van der Waals surface area contributed by atoms with Crippen LogP contribution in [-0.2, 0) is 7.05 Å². The van der Waals surface area contributed by atoms with Crippen molar-refractivity contribution in [1.82, 2.24) is 9.55 Å². The highest BCUT2D eigenvalue weighted by Crippen LogP contribution is 2.31. The first kappa shape index (κ1) is 19.1. The molecule has 26 heavy (non-hydrogen) atoms. The van der Waals surface area contributed by atoms with Crippen LogP contribution >= 0.6 is 22.6 Å². The summed E-state index contributed by atoms with van der Waals surface area (Å²) in [5, 5.41) is 2.62. The lowest BCUT2D eigenvalue weighted by Crippen LogP contribution is -2.29. The second-order valence-corrected chi connectivity index (χ2v) is 8.35. The van der Waals surface area contributed by atoms with Crippen LogP contribution in [0.25, 0.3) is 21.7 Å². The van der Waals surface area contributed by atoms with E-state index < -0.39 is 0 Å². The highest BCUT2D eigenvalue weighted by atomic mass is 127. The quantitative estimate of drug-likeness (QED) is 0.461. The van der Waals surface area contributed by atoms with Gasteiger partial charge in [0.2, 0.25) is 0 Å². The van der Waals surface area contributed by atoms with Crippen LogP contribution < -0.4 is 16.0 Å². The third-order valence-electron chi connectivity index (χ3n) is 4.59. The van der Waals surface area contributed by atoms with Crippen LogP contribution in [0.5, 0.6) is 5.75 Å². The van der Waals surface area contributed by atoms with E-state index in [-0.39, 0.29) is 11.6 Å². The number of ether oxygens (including phenoxy) is 1. The number of pyridine rings is 2. The highest BCUT2D eigenvalue weighted by molar-refractivity contribution is 14.1. The minimum atomic E-state index is -0.0400. The third-order valence-corrected chi connectivity index (χ3v) is 5.43. The lowest BCUT2D eigenvalue weighted by atomic mass is 10.1. The molecule has 0 bridgehead atoms. The van der Waals surface area contributed by atoms with E-state index in [0.717, 1.165) is 37.7 Å². The zero-order valence-corrected chi connectivity index (χ0v) is 17.7. The average Bonchev–Trinajstić information content (AvgIpc) is 2.57. The molecule has 2 N–H and O–H groups in total. The number of nitrogens with two attached hydrogens (primary N) is 1. The first-order valence-corrected chi connectivity index (χ1v) is 9.83. The Morgan fingerprint density at radius 1 is 1.31 bits per heavy atom. The number of halogens is 1. The number of hydrogen-bond acceptors (Lipinski definition) is 4. The second kappa shape index (κ2) is 7.52. The van der Waals surface area contributed by atoms with Gasteiger partial charge in [0.1, 0.15) is 12.4 Å². The summed E-state index contributed by atoms with van der Waals surface area (Å²) in [7, 11) is 1.79. The van der Waals surface area contributed by atoms with E-state index in [1.54, 1.807) is 17.8 Å². The molecule has 0 saturated heterocycles. The summed E-state index contributed by atoms with van der Waals surface area (Å²) in [6.45, 7) is 6.63. The minimum Gasteiger partial charge on any atom is -0.491 e. The summed E-state index contributed by atoms with van der Waals surface area (Å²) in [5.74, 6) is 1.30. The van der Waals surface area contributed by atoms with Crippen molar-refractivity contribution in [2.75, 3.05) is 6.61 Å². The van der Waals surface area contributed by atoms with Crippen molar-refractivity contribution >= 4 is 44.3 Å². The SMILES string of the molecule is Cc1nccc2c1c(=O)n(C)c1cc(OC[C@@H](N)CC(C)C)c(I)cc21. The lowest BCUT2D eigenvalue weighted by molar-refractivity contribution is 0.269. The van der Waals surface area contributed by atoms with E-state index in [0.29, 0.717) is 17.9 Å². The van der Waals surface area contributed by atoms with E-state index in [1.165, 1.54) is 0 Å². The van der Waals surface area contributed by atoms with Gasteiger partial charge in [-0.3, -0.25) is 9.78 Å². The van der Waals surface area contributed by atoms with Crippen LogP contribution in [-0.4, -0.2) is 22.2 Å². The van der Waals surface area contributed by atoms with Gasteiger partial charge >= 0.3 is 0 Å². The van der Waals surface area contributed by atoms with Crippen molar-refractivity contribution in [1.29, 1.82) is 0 Å². The fourth-order valence-electron chi connectivity index (χ4n) is 3.35. The van der Waals surface area contributed by atoms with E-state index in [4.69, 9.17) is 10.5 Å². The maximum Gasteiger partial charge on any atom is 0.260 e. The van der Waals surface area contributed by atoms with Crippen LogP contribution in [0.15, 0.2) is 29.2 Å². The van der Waals surface area contributed by atoms with Crippen LogP contribution in [0.2, 0.25) is 0 Å². The number of nitrogens with zero attached hydrogens (tertiary/aromatic N) is 2. The predicted octanol–water partition coefficient (Wildman–Crippen LogP) is 3.75. The molecule has 1 aromatic carbocycles. The molecule has 0 aliphatic rings. The smallest absolute Gasteiger partial charge is 0.260 e. The molecule has 0 amide bonds.